The average molecular weight is 273 g/mol. The average Bonchev–Trinajstić information content (AvgIpc) is 2.81. The molecule has 3 aromatic rings. The molecule has 1 aromatic carbocycles. The van der Waals surface area contributed by atoms with Gasteiger partial charge in [0.1, 0.15) is 0 Å². The van der Waals surface area contributed by atoms with E-state index in [0.29, 0.717) is 16.4 Å². The van der Waals surface area contributed by atoms with E-state index in [-0.39, 0.29) is 5.69 Å². The van der Waals surface area contributed by atoms with Crippen molar-refractivity contribution in [3.8, 4) is 11.3 Å². The summed E-state index contributed by atoms with van der Waals surface area (Å²) >= 11 is 6.06. The molecule has 2 aromatic heterocycles. The predicted molar refractivity (Wildman–Crippen MR) is 72.6 cm³/mol. The number of imidazole rings is 1. The number of rotatable bonds is 2. The van der Waals surface area contributed by atoms with Crippen molar-refractivity contribution in [3.63, 3.8) is 0 Å². The van der Waals surface area contributed by atoms with Gasteiger partial charge in [-0.1, -0.05) is 41.9 Å². The molecule has 0 saturated heterocycles. The molecule has 19 heavy (non-hydrogen) atoms. The fourth-order valence-corrected chi connectivity index (χ4v) is 2.26. The molecule has 0 radical (unpaired) electrons. The van der Waals surface area contributed by atoms with Crippen LogP contribution in [0.1, 0.15) is 10.5 Å². The number of nitrogens with zero attached hydrogens (tertiary/aromatic N) is 2. The van der Waals surface area contributed by atoms with Crippen molar-refractivity contribution in [1.29, 1.82) is 0 Å². The summed E-state index contributed by atoms with van der Waals surface area (Å²) in [6.45, 7) is 0. The quantitative estimate of drug-likeness (QED) is 0.778. The Kier molecular flexibility index (Phi) is 2.72. The highest BCUT2D eigenvalue weighted by Gasteiger charge is 2.20. The van der Waals surface area contributed by atoms with Crippen molar-refractivity contribution in [2.24, 2.45) is 0 Å². The van der Waals surface area contributed by atoms with E-state index in [4.69, 9.17) is 11.6 Å². The van der Waals surface area contributed by atoms with Crippen molar-refractivity contribution in [2.45, 2.75) is 0 Å². The summed E-state index contributed by atoms with van der Waals surface area (Å²) in [6, 6.07) is 12.7. The molecular weight excluding hydrogens is 264 g/mol. The van der Waals surface area contributed by atoms with Gasteiger partial charge in [-0.05, 0) is 12.1 Å². The monoisotopic (exact) mass is 272 g/mol. The maximum absolute atomic E-state index is 11.4. The number of fused-ring (bicyclic) bond motifs is 1. The minimum absolute atomic E-state index is 0.000648. The summed E-state index contributed by atoms with van der Waals surface area (Å²) in [5.74, 6) is -1.07. The number of aromatic nitrogens is 2. The number of carbonyl (C=O) groups is 1. The van der Waals surface area contributed by atoms with Crippen LogP contribution >= 0.6 is 11.6 Å². The van der Waals surface area contributed by atoms with Gasteiger partial charge in [-0.3, -0.25) is 4.40 Å². The van der Waals surface area contributed by atoms with Gasteiger partial charge < -0.3 is 5.11 Å². The molecule has 2 heterocycles. The first-order valence-corrected chi connectivity index (χ1v) is 6.01. The Morgan fingerprint density at radius 2 is 1.89 bits per heavy atom. The van der Waals surface area contributed by atoms with Gasteiger partial charge in [-0.25, -0.2) is 9.78 Å². The number of benzene rings is 1. The zero-order valence-corrected chi connectivity index (χ0v) is 10.5. The Labute approximate surface area is 113 Å². The van der Waals surface area contributed by atoms with Gasteiger partial charge in [-0.15, -0.1) is 0 Å². The molecule has 0 fully saturated rings. The first kappa shape index (κ1) is 11.7. The molecule has 0 aliphatic heterocycles. The first-order chi connectivity index (χ1) is 9.18. The van der Waals surface area contributed by atoms with Gasteiger partial charge in [0.15, 0.2) is 11.3 Å². The predicted octanol–water partition coefficient (Wildman–Crippen LogP) is 3.35. The molecular formula is C14H9ClN2O2. The molecule has 1 N–H and O–H groups in total. The number of carboxylic acid groups (broad SMARTS) is 1. The molecule has 0 amide bonds. The second kappa shape index (κ2) is 4.40. The standard InChI is InChI=1S/C14H9ClN2O2/c15-10-7-4-8-17-12(9-5-2-1-3-6-9)11(14(18)19)16-13(10)17/h1-8H,(H,18,19). The molecule has 0 saturated carbocycles. The molecule has 0 aliphatic rings. The van der Waals surface area contributed by atoms with Crippen LogP contribution in [0.5, 0.6) is 0 Å². The van der Waals surface area contributed by atoms with Crippen molar-refractivity contribution in [1.82, 2.24) is 9.38 Å². The van der Waals surface area contributed by atoms with Crippen LogP contribution in [-0.4, -0.2) is 20.5 Å². The lowest BCUT2D eigenvalue weighted by Gasteiger charge is -2.03. The number of carboxylic acids is 1. The van der Waals surface area contributed by atoms with Crippen LogP contribution < -0.4 is 0 Å². The smallest absolute Gasteiger partial charge is 0.356 e. The third kappa shape index (κ3) is 1.86. The summed E-state index contributed by atoms with van der Waals surface area (Å²) in [6.07, 6.45) is 1.75. The van der Waals surface area contributed by atoms with Gasteiger partial charge in [0, 0.05) is 11.8 Å². The highest BCUT2D eigenvalue weighted by Crippen LogP contribution is 2.28. The Morgan fingerprint density at radius 3 is 2.58 bits per heavy atom. The molecule has 94 valence electrons. The van der Waals surface area contributed by atoms with E-state index in [2.05, 4.69) is 4.98 Å². The molecule has 0 spiro atoms. The van der Waals surface area contributed by atoms with Gasteiger partial charge in [-0.2, -0.15) is 0 Å². The van der Waals surface area contributed by atoms with Crippen LogP contribution in [0.2, 0.25) is 5.02 Å². The van der Waals surface area contributed by atoms with Crippen LogP contribution in [-0.2, 0) is 0 Å². The van der Waals surface area contributed by atoms with Crippen molar-refractivity contribution in [3.05, 3.63) is 59.4 Å². The number of hydrogen-bond donors (Lipinski definition) is 1. The van der Waals surface area contributed by atoms with E-state index < -0.39 is 5.97 Å². The third-order valence-corrected chi connectivity index (χ3v) is 3.15. The molecule has 0 atom stereocenters. The summed E-state index contributed by atoms with van der Waals surface area (Å²) in [4.78, 5) is 15.5. The molecule has 5 heteroatoms. The van der Waals surface area contributed by atoms with E-state index in [1.807, 2.05) is 30.3 Å². The lowest BCUT2D eigenvalue weighted by molar-refractivity contribution is 0.0692. The van der Waals surface area contributed by atoms with E-state index in [0.717, 1.165) is 5.56 Å². The van der Waals surface area contributed by atoms with E-state index in [9.17, 15) is 9.90 Å². The Hall–Kier alpha value is -2.33. The van der Waals surface area contributed by atoms with Gasteiger partial charge in [0.2, 0.25) is 0 Å². The van der Waals surface area contributed by atoms with Crippen LogP contribution in [0.4, 0.5) is 0 Å². The highest BCUT2D eigenvalue weighted by molar-refractivity contribution is 6.33. The fourth-order valence-electron chi connectivity index (χ4n) is 2.06. The number of halogens is 1. The van der Waals surface area contributed by atoms with Crippen molar-refractivity contribution >= 4 is 23.2 Å². The summed E-state index contributed by atoms with van der Waals surface area (Å²) < 4.78 is 1.70. The highest BCUT2D eigenvalue weighted by atomic mass is 35.5. The molecule has 3 rings (SSSR count). The molecule has 0 unspecified atom stereocenters. The molecule has 4 nitrogen and oxygen atoms in total. The van der Waals surface area contributed by atoms with Crippen molar-refractivity contribution < 1.29 is 9.90 Å². The third-order valence-electron chi connectivity index (χ3n) is 2.85. The minimum atomic E-state index is -1.07. The van der Waals surface area contributed by atoms with E-state index >= 15 is 0 Å². The fraction of sp³-hybridized carbons (Fsp3) is 0. The SMILES string of the molecule is O=C(O)c1nc2c(Cl)cccn2c1-c1ccccc1. The lowest BCUT2D eigenvalue weighted by Crippen LogP contribution is -1.99. The van der Waals surface area contributed by atoms with Crippen LogP contribution in [0.25, 0.3) is 16.9 Å². The molecule has 0 aliphatic carbocycles. The summed E-state index contributed by atoms with van der Waals surface area (Å²) in [7, 11) is 0. The number of hydrogen-bond acceptors (Lipinski definition) is 2. The second-order valence-electron chi connectivity index (χ2n) is 4.03. The van der Waals surface area contributed by atoms with Gasteiger partial charge in [0.05, 0.1) is 10.7 Å². The van der Waals surface area contributed by atoms with Crippen LogP contribution in [0.3, 0.4) is 0 Å². The zero-order valence-electron chi connectivity index (χ0n) is 9.75. The van der Waals surface area contributed by atoms with Gasteiger partial charge >= 0.3 is 5.97 Å². The second-order valence-corrected chi connectivity index (χ2v) is 4.44. The van der Waals surface area contributed by atoms with Gasteiger partial charge in [0.25, 0.3) is 0 Å². The Morgan fingerprint density at radius 1 is 1.16 bits per heavy atom. The maximum Gasteiger partial charge on any atom is 0.356 e. The topological polar surface area (TPSA) is 54.6 Å². The Balaban J connectivity index is 2.42. The molecule has 0 bridgehead atoms. The number of pyridine rings is 1. The van der Waals surface area contributed by atoms with Crippen LogP contribution in [0.15, 0.2) is 48.7 Å². The summed E-state index contributed by atoms with van der Waals surface area (Å²) in [5.41, 5.74) is 1.76. The first-order valence-electron chi connectivity index (χ1n) is 5.64. The number of aromatic carboxylic acids is 1. The summed E-state index contributed by atoms with van der Waals surface area (Å²) in [5, 5.41) is 9.72. The largest absolute Gasteiger partial charge is 0.476 e. The minimum Gasteiger partial charge on any atom is -0.476 e. The maximum atomic E-state index is 11.4. The Bertz CT molecular complexity index is 766. The van der Waals surface area contributed by atoms with Crippen LogP contribution in [0, 0.1) is 0 Å². The normalized spacial score (nSPS) is 10.8. The van der Waals surface area contributed by atoms with E-state index in [1.165, 1.54) is 0 Å². The zero-order chi connectivity index (χ0) is 13.4. The van der Waals surface area contributed by atoms with Crippen molar-refractivity contribution in [2.75, 3.05) is 0 Å². The lowest BCUT2D eigenvalue weighted by atomic mass is 10.1. The van der Waals surface area contributed by atoms with E-state index in [1.54, 1.807) is 22.7 Å².